The Morgan fingerprint density at radius 1 is 1.26 bits per heavy atom. The van der Waals surface area contributed by atoms with E-state index in [1.165, 1.54) is 23.5 Å². The highest BCUT2D eigenvalue weighted by molar-refractivity contribution is 7.98. The molecule has 2 aromatic rings. The summed E-state index contributed by atoms with van der Waals surface area (Å²) in [5.41, 5.74) is 1.15. The van der Waals surface area contributed by atoms with E-state index in [-0.39, 0.29) is 5.88 Å². The molecule has 1 aromatic carbocycles. The summed E-state index contributed by atoms with van der Waals surface area (Å²) in [4.78, 5) is 8.84. The van der Waals surface area contributed by atoms with Gasteiger partial charge in [0.2, 0.25) is 5.88 Å². The molecule has 0 atom stereocenters. The van der Waals surface area contributed by atoms with Crippen LogP contribution in [0.1, 0.15) is 5.56 Å². The molecule has 0 saturated heterocycles. The number of aromatic nitrogens is 2. The van der Waals surface area contributed by atoms with Crippen LogP contribution in [0.3, 0.4) is 0 Å². The van der Waals surface area contributed by atoms with Gasteiger partial charge in [-0.25, -0.2) is 4.98 Å². The van der Waals surface area contributed by atoms with E-state index >= 15 is 0 Å². The van der Waals surface area contributed by atoms with Crippen molar-refractivity contribution in [3.63, 3.8) is 0 Å². The second-order valence-corrected chi connectivity index (χ2v) is 5.47. The van der Waals surface area contributed by atoms with E-state index < -0.39 is 0 Å². The maximum Gasteiger partial charge on any atom is 0.228 e. The molecule has 0 fully saturated rings. The first-order valence-electron chi connectivity index (χ1n) is 5.58. The summed E-state index contributed by atoms with van der Waals surface area (Å²) < 4.78 is 5.11. The number of thioether (sulfide) groups is 2. The van der Waals surface area contributed by atoms with Crippen molar-refractivity contribution in [3.8, 4) is 11.6 Å². The lowest BCUT2D eigenvalue weighted by molar-refractivity contribution is 0.414. The van der Waals surface area contributed by atoms with Gasteiger partial charge >= 0.3 is 0 Å². The van der Waals surface area contributed by atoms with Gasteiger partial charge in [0.15, 0.2) is 5.16 Å². The predicted molar refractivity (Wildman–Crippen MR) is 78.0 cm³/mol. The molecule has 1 N–H and O–H groups in total. The van der Waals surface area contributed by atoms with Crippen LogP contribution < -0.4 is 4.74 Å². The Bertz CT molecular complexity index is 547. The van der Waals surface area contributed by atoms with Gasteiger partial charge in [-0.05, 0) is 24.0 Å². The summed E-state index contributed by atoms with van der Waals surface area (Å²) in [6.45, 7) is 0. The fourth-order valence-corrected chi connectivity index (χ4v) is 2.58. The summed E-state index contributed by atoms with van der Waals surface area (Å²) in [5.74, 6) is 1.63. The number of benzene rings is 1. The molecule has 1 heterocycles. The number of rotatable bonds is 5. The second kappa shape index (κ2) is 6.68. The van der Waals surface area contributed by atoms with Crippen LogP contribution in [0.5, 0.6) is 11.6 Å². The Labute approximate surface area is 120 Å². The predicted octanol–water partition coefficient (Wildman–Crippen LogP) is 3.21. The first-order chi connectivity index (χ1) is 9.22. The smallest absolute Gasteiger partial charge is 0.228 e. The fraction of sp³-hybridized carbons (Fsp3) is 0.231. The third-order valence-electron chi connectivity index (χ3n) is 2.45. The summed E-state index contributed by atoms with van der Waals surface area (Å²) in [7, 11) is 1.65. The third kappa shape index (κ3) is 3.78. The molecule has 2 rings (SSSR count). The molecular formula is C13H14N2O2S2. The number of aromatic hydroxyl groups is 1. The highest BCUT2D eigenvalue weighted by Gasteiger charge is 2.06. The Hall–Kier alpha value is -1.40. The molecule has 0 aliphatic carbocycles. The van der Waals surface area contributed by atoms with Crippen molar-refractivity contribution >= 4 is 23.5 Å². The molecule has 6 heteroatoms. The Kier molecular flexibility index (Phi) is 4.93. The quantitative estimate of drug-likeness (QED) is 0.675. The number of hydrogen-bond donors (Lipinski definition) is 1. The average molecular weight is 294 g/mol. The molecule has 0 bridgehead atoms. The van der Waals surface area contributed by atoms with Crippen molar-refractivity contribution < 1.29 is 9.84 Å². The van der Waals surface area contributed by atoms with E-state index in [4.69, 9.17) is 4.74 Å². The van der Waals surface area contributed by atoms with Gasteiger partial charge in [0.25, 0.3) is 0 Å². The van der Waals surface area contributed by atoms with Crippen LogP contribution >= 0.6 is 23.5 Å². The maximum absolute atomic E-state index is 9.78. The van der Waals surface area contributed by atoms with Crippen LogP contribution in [0.25, 0.3) is 0 Å². The minimum absolute atomic E-state index is 0.0397. The van der Waals surface area contributed by atoms with Gasteiger partial charge in [0, 0.05) is 11.9 Å². The standard InChI is InChI=1S/C13H14N2O2S2/c1-17-10-5-3-9(4-6-10)8-19-11-7-14-13(18-2)15-12(11)16/h3-7H,8H2,1-2H3,(H,14,15,16). The zero-order valence-corrected chi connectivity index (χ0v) is 12.3. The summed E-state index contributed by atoms with van der Waals surface area (Å²) in [6, 6.07) is 7.84. The van der Waals surface area contributed by atoms with Crippen molar-refractivity contribution in [2.75, 3.05) is 13.4 Å². The van der Waals surface area contributed by atoms with E-state index in [2.05, 4.69) is 9.97 Å². The zero-order valence-electron chi connectivity index (χ0n) is 10.7. The summed E-state index contributed by atoms with van der Waals surface area (Å²) >= 11 is 2.91. The molecule has 4 nitrogen and oxygen atoms in total. The van der Waals surface area contributed by atoms with Gasteiger partial charge in [0.1, 0.15) is 5.75 Å². The third-order valence-corrected chi connectivity index (χ3v) is 4.09. The zero-order chi connectivity index (χ0) is 13.7. The van der Waals surface area contributed by atoms with Gasteiger partial charge in [-0.15, -0.1) is 11.8 Å². The van der Waals surface area contributed by atoms with Gasteiger partial charge in [-0.1, -0.05) is 23.9 Å². The lowest BCUT2D eigenvalue weighted by Gasteiger charge is -2.05. The van der Waals surface area contributed by atoms with E-state index in [1.807, 2.05) is 30.5 Å². The first kappa shape index (κ1) is 14.0. The second-order valence-electron chi connectivity index (χ2n) is 3.68. The minimum Gasteiger partial charge on any atom is -0.497 e. The van der Waals surface area contributed by atoms with Crippen LogP contribution in [0.15, 0.2) is 40.5 Å². The SMILES string of the molecule is COc1ccc(CSc2cnc(SC)nc2O)cc1. The molecule has 0 radical (unpaired) electrons. The van der Waals surface area contributed by atoms with Crippen molar-refractivity contribution in [1.29, 1.82) is 0 Å². The van der Waals surface area contributed by atoms with Crippen LogP contribution in [-0.4, -0.2) is 28.4 Å². The number of ether oxygens (including phenoxy) is 1. The van der Waals surface area contributed by atoms with E-state index in [1.54, 1.807) is 13.3 Å². The Balaban J connectivity index is 2.01. The molecule has 0 aliphatic rings. The molecule has 1 aromatic heterocycles. The Morgan fingerprint density at radius 3 is 2.58 bits per heavy atom. The normalized spacial score (nSPS) is 10.4. The van der Waals surface area contributed by atoms with E-state index in [0.29, 0.717) is 10.1 Å². The largest absolute Gasteiger partial charge is 0.497 e. The van der Waals surface area contributed by atoms with Crippen molar-refractivity contribution in [2.45, 2.75) is 15.8 Å². The van der Waals surface area contributed by atoms with Gasteiger partial charge in [-0.2, -0.15) is 4.98 Å². The topological polar surface area (TPSA) is 55.2 Å². The lowest BCUT2D eigenvalue weighted by Crippen LogP contribution is -1.89. The highest BCUT2D eigenvalue weighted by atomic mass is 32.2. The Morgan fingerprint density at radius 2 is 2.00 bits per heavy atom. The maximum atomic E-state index is 9.78. The highest BCUT2D eigenvalue weighted by Crippen LogP contribution is 2.30. The molecule has 0 amide bonds. The van der Waals surface area contributed by atoms with Crippen LogP contribution in [0.2, 0.25) is 0 Å². The summed E-state index contributed by atoms with van der Waals surface area (Å²) in [5, 5.41) is 10.4. The molecule has 0 saturated carbocycles. The molecular weight excluding hydrogens is 280 g/mol. The molecule has 0 aliphatic heterocycles. The van der Waals surface area contributed by atoms with Crippen LogP contribution in [-0.2, 0) is 5.75 Å². The number of methoxy groups -OCH3 is 1. The molecule has 19 heavy (non-hydrogen) atoms. The van der Waals surface area contributed by atoms with Crippen LogP contribution in [0.4, 0.5) is 0 Å². The average Bonchev–Trinajstić information content (AvgIpc) is 2.46. The molecule has 0 unspecified atom stereocenters. The monoisotopic (exact) mass is 294 g/mol. The van der Waals surface area contributed by atoms with E-state index in [9.17, 15) is 5.11 Å². The summed E-state index contributed by atoms with van der Waals surface area (Å²) in [6.07, 6.45) is 3.53. The number of nitrogens with zero attached hydrogens (tertiary/aromatic N) is 2. The number of hydrogen-bond acceptors (Lipinski definition) is 6. The van der Waals surface area contributed by atoms with Gasteiger partial charge < -0.3 is 9.84 Å². The van der Waals surface area contributed by atoms with Crippen molar-refractivity contribution in [2.24, 2.45) is 0 Å². The van der Waals surface area contributed by atoms with Crippen molar-refractivity contribution in [3.05, 3.63) is 36.0 Å². The van der Waals surface area contributed by atoms with Crippen molar-refractivity contribution in [1.82, 2.24) is 9.97 Å². The fourth-order valence-electron chi connectivity index (χ4n) is 1.43. The molecule has 0 spiro atoms. The van der Waals surface area contributed by atoms with E-state index in [0.717, 1.165) is 17.1 Å². The molecule has 100 valence electrons. The van der Waals surface area contributed by atoms with Gasteiger partial charge in [-0.3, -0.25) is 0 Å². The minimum atomic E-state index is 0.0397. The van der Waals surface area contributed by atoms with Gasteiger partial charge in [0.05, 0.1) is 12.0 Å². The lowest BCUT2D eigenvalue weighted by atomic mass is 10.2. The first-order valence-corrected chi connectivity index (χ1v) is 7.79. The van der Waals surface area contributed by atoms with Crippen LogP contribution in [0, 0.1) is 0 Å².